The van der Waals surface area contributed by atoms with Gasteiger partial charge in [-0.25, -0.2) is 4.79 Å². The molecule has 2 unspecified atom stereocenters. The SMILES string of the molecule is CCCN(CCC)C(=O)c1cc(C)cc(C(=O)OC(CNCc2ccccc2)C(N)CC2CCCCC2)c1. The molecule has 0 aromatic heterocycles. The molecular formula is C32H47N3O3. The first-order chi connectivity index (χ1) is 18.4. The fourth-order valence-corrected chi connectivity index (χ4v) is 5.46. The van der Waals surface area contributed by atoms with Crippen LogP contribution in [0.2, 0.25) is 0 Å². The summed E-state index contributed by atoms with van der Waals surface area (Å²) in [5.74, 6) is 0.118. The monoisotopic (exact) mass is 521 g/mol. The zero-order valence-electron chi connectivity index (χ0n) is 23.6. The zero-order valence-corrected chi connectivity index (χ0v) is 23.6. The first-order valence-corrected chi connectivity index (χ1v) is 14.5. The van der Waals surface area contributed by atoms with E-state index in [1.807, 2.05) is 36.1 Å². The summed E-state index contributed by atoms with van der Waals surface area (Å²) in [6, 6.07) is 15.2. The number of hydrogen-bond acceptors (Lipinski definition) is 5. The minimum atomic E-state index is -0.454. The van der Waals surface area contributed by atoms with Gasteiger partial charge in [0.2, 0.25) is 0 Å². The summed E-state index contributed by atoms with van der Waals surface area (Å²) in [6.07, 6.45) is 8.37. The molecule has 0 saturated heterocycles. The van der Waals surface area contributed by atoms with Gasteiger partial charge in [-0.05, 0) is 61.4 Å². The summed E-state index contributed by atoms with van der Waals surface area (Å²) < 4.78 is 6.07. The van der Waals surface area contributed by atoms with E-state index in [4.69, 9.17) is 10.5 Å². The number of aryl methyl sites for hydroxylation is 1. The molecule has 0 radical (unpaired) electrons. The van der Waals surface area contributed by atoms with E-state index < -0.39 is 12.1 Å². The Hall–Kier alpha value is -2.70. The van der Waals surface area contributed by atoms with Crippen LogP contribution < -0.4 is 11.1 Å². The molecule has 38 heavy (non-hydrogen) atoms. The van der Waals surface area contributed by atoms with Gasteiger partial charge in [0.25, 0.3) is 5.91 Å². The van der Waals surface area contributed by atoms with E-state index in [9.17, 15) is 9.59 Å². The van der Waals surface area contributed by atoms with Crippen LogP contribution in [0.3, 0.4) is 0 Å². The molecule has 6 heteroatoms. The summed E-state index contributed by atoms with van der Waals surface area (Å²) >= 11 is 0. The van der Waals surface area contributed by atoms with Gasteiger partial charge in [0.15, 0.2) is 0 Å². The summed E-state index contributed by atoms with van der Waals surface area (Å²) in [5.41, 5.74) is 9.66. The molecule has 1 amide bonds. The average Bonchev–Trinajstić information content (AvgIpc) is 2.92. The van der Waals surface area contributed by atoms with Gasteiger partial charge in [-0.3, -0.25) is 4.79 Å². The number of carbonyl (C=O) groups excluding carboxylic acids is 2. The molecule has 0 bridgehead atoms. The molecule has 3 N–H and O–H groups in total. The minimum absolute atomic E-state index is 0.0403. The van der Waals surface area contributed by atoms with Gasteiger partial charge in [0, 0.05) is 37.8 Å². The van der Waals surface area contributed by atoms with Crippen molar-refractivity contribution in [3.05, 3.63) is 70.8 Å². The number of amides is 1. The van der Waals surface area contributed by atoms with Crippen LogP contribution in [0.25, 0.3) is 0 Å². The number of rotatable bonds is 14. The number of carbonyl (C=O) groups is 2. The Morgan fingerprint density at radius 1 is 1.00 bits per heavy atom. The van der Waals surface area contributed by atoms with Crippen LogP contribution in [0.1, 0.15) is 97.1 Å². The van der Waals surface area contributed by atoms with Gasteiger partial charge < -0.3 is 20.7 Å². The number of nitrogens with one attached hydrogen (secondary N) is 1. The standard InChI is InChI=1S/C32H47N3O3/c1-4-16-35(17-5-2)31(36)27-18-24(3)19-28(21-27)32(37)38-30(23-34-22-26-14-10-7-11-15-26)29(33)20-25-12-8-6-9-13-25/h7,10-11,14-15,18-19,21,25,29-30,34H,4-6,8-9,12-13,16-17,20,22-23,33H2,1-3H3. The average molecular weight is 522 g/mol. The number of benzene rings is 2. The van der Waals surface area contributed by atoms with Crippen molar-refractivity contribution in [2.75, 3.05) is 19.6 Å². The van der Waals surface area contributed by atoms with Crippen molar-refractivity contribution in [1.29, 1.82) is 0 Å². The Kier molecular flexibility index (Phi) is 12.3. The number of esters is 1. The van der Waals surface area contributed by atoms with Crippen LogP contribution in [0.5, 0.6) is 0 Å². The smallest absolute Gasteiger partial charge is 0.338 e. The lowest BCUT2D eigenvalue weighted by Gasteiger charge is -2.29. The summed E-state index contributed by atoms with van der Waals surface area (Å²) in [4.78, 5) is 28.5. The fourth-order valence-electron chi connectivity index (χ4n) is 5.46. The molecule has 1 saturated carbocycles. The maximum Gasteiger partial charge on any atom is 0.338 e. The van der Waals surface area contributed by atoms with E-state index >= 15 is 0 Å². The van der Waals surface area contributed by atoms with Gasteiger partial charge >= 0.3 is 5.97 Å². The van der Waals surface area contributed by atoms with Gasteiger partial charge in [0.05, 0.1) is 5.56 Å². The molecule has 0 aliphatic heterocycles. The van der Waals surface area contributed by atoms with Crippen molar-refractivity contribution in [3.8, 4) is 0 Å². The molecule has 6 nitrogen and oxygen atoms in total. The molecule has 2 atom stereocenters. The van der Waals surface area contributed by atoms with E-state index in [0.717, 1.165) is 24.8 Å². The summed E-state index contributed by atoms with van der Waals surface area (Å²) in [5, 5.41) is 3.44. The number of hydrogen-bond donors (Lipinski definition) is 2. The third-order valence-electron chi connectivity index (χ3n) is 7.42. The van der Waals surface area contributed by atoms with Gasteiger partial charge in [-0.2, -0.15) is 0 Å². The Labute approximate surface area is 229 Å². The van der Waals surface area contributed by atoms with Crippen LogP contribution in [0, 0.1) is 12.8 Å². The van der Waals surface area contributed by atoms with E-state index in [-0.39, 0.29) is 11.9 Å². The van der Waals surface area contributed by atoms with Crippen LogP contribution in [-0.4, -0.2) is 48.6 Å². The lowest BCUT2D eigenvalue weighted by atomic mass is 9.84. The second-order valence-electron chi connectivity index (χ2n) is 10.8. The van der Waals surface area contributed by atoms with Crippen molar-refractivity contribution in [2.24, 2.45) is 11.7 Å². The predicted octanol–water partition coefficient (Wildman–Crippen LogP) is 5.87. The van der Waals surface area contributed by atoms with Crippen molar-refractivity contribution >= 4 is 11.9 Å². The van der Waals surface area contributed by atoms with Gasteiger partial charge in [-0.15, -0.1) is 0 Å². The molecular weight excluding hydrogens is 474 g/mol. The van der Waals surface area contributed by atoms with Crippen molar-refractivity contribution in [2.45, 2.75) is 90.8 Å². The van der Waals surface area contributed by atoms with Crippen molar-refractivity contribution in [3.63, 3.8) is 0 Å². The first kappa shape index (κ1) is 29.9. The lowest BCUT2D eigenvalue weighted by Crippen LogP contribution is -2.45. The lowest BCUT2D eigenvalue weighted by molar-refractivity contribution is 0.0210. The Bertz CT molecular complexity index is 998. The third-order valence-corrected chi connectivity index (χ3v) is 7.42. The Balaban J connectivity index is 1.73. The Morgan fingerprint density at radius 3 is 2.32 bits per heavy atom. The number of nitrogens with two attached hydrogens (primary N) is 1. The highest BCUT2D eigenvalue weighted by atomic mass is 16.5. The van der Waals surface area contributed by atoms with Crippen LogP contribution in [0.15, 0.2) is 48.5 Å². The number of ether oxygens (including phenoxy) is 1. The van der Waals surface area contributed by atoms with Gasteiger partial charge in [-0.1, -0.05) is 76.3 Å². The van der Waals surface area contributed by atoms with Crippen LogP contribution in [-0.2, 0) is 11.3 Å². The minimum Gasteiger partial charge on any atom is -0.456 e. The summed E-state index contributed by atoms with van der Waals surface area (Å²) in [7, 11) is 0. The highest BCUT2D eigenvalue weighted by Gasteiger charge is 2.27. The summed E-state index contributed by atoms with van der Waals surface area (Å²) in [6.45, 7) is 8.60. The van der Waals surface area contributed by atoms with E-state index in [0.29, 0.717) is 43.2 Å². The molecule has 1 aliphatic rings. The van der Waals surface area contributed by atoms with Gasteiger partial charge in [0.1, 0.15) is 6.10 Å². The van der Waals surface area contributed by atoms with E-state index in [2.05, 4.69) is 31.3 Å². The molecule has 2 aromatic rings. The number of nitrogens with zero attached hydrogens (tertiary/aromatic N) is 1. The largest absolute Gasteiger partial charge is 0.456 e. The van der Waals surface area contributed by atoms with E-state index in [1.165, 1.54) is 37.7 Å². The molecule has 1 fully saturated rings. The molecule has 1 aliphatic carbocycles. The maximum absolute atomic E-state index is 13.4. The van der Waals surface area contributed by atoms with Crippen LogP contribution >= 0.6 is 0 Å². The predicted molar refractivity (Wildman–Crippen MR) is 154 cm³/mol. The topological polar surface area (TPSA) is 84.7 Å². The maximum atomic E-state index is 13.4. The quantitative estimate of drug-likeness (QED) is 0.304. The normalized spacial score (nSPS) is 15.6. The second-order valence-corrected chi connectivity index (χ2v) is 10.8. The second kappa shape index (κ2) is 15.6. The molecule has 0 heterocycles. The van der Waals surface area contributed by atoms with Crippen molar-refractivity contribution < 1.29 is 14.3 Å². The molecule has 2 aromatic carbocycles. The third kappa shape index (κ3) is 9.25. The van der Waals surface area contributed by atoms with Crippen molar-refractivity contribution in [1.82, 2.24) is 10.2 Å². The van der Waals surface area contributed by atoms with Crippen LogP contribution in [0.4, 0.5) is 0 Å². The van der Waals surface area contributed by atoms with E-state index in [1.54, 1.807) is 12.1 Å². The fraction of sp³-hybridized carbons (Fsp3) is 0.562. The molecule has 208 valence electrons. The highest BCUT2D eigenvalue weighted by Crippen LogP contribution is 2.28. The first-order valence-electron chi connectivity index (χ1n) is 14.5. The zero-order chi connectivity index (χ0) is 27.3. The highest BCUT2D eigenvalue weighted by molar-refractivity contribution is 5.98. The molecule has 3 rings (SSSR count). The Morgan fingerprint density at radius 2 is 1.66 bits per heavy atom. The molecule has 0 spiro atoms.